The highest BCUT2D eigenvalue weighted by molar-refractivity contribution is 5.95. The van der Waals surface area contributed by atoms with Crippen molar-refractivity contribution >= 4 is 17.6 Å². The van der Waals surface area contributed by atoms with Crippen molar-refractivity contribution in [2.75, 3.05) is 7.11 Å². The fourth-order valence-corrected chi connectivity index (χ4v) is 1.57. The molecule has 0 saturated heterocycles. The van der Waals surface area contributed by atoms with Gasteiger partial charge in [0.25, 0.3) is 0 Å². The Balaban J connectivity index is 2.71. The summed E-state index contributed by atoms with van der Waals surface area (Å²) in [7, 11) is 1.53. The Morgan fingerprint density at radius 3 is 2.63 bits per heavy atom. The molecule has 0 unspecified atom stereocenters. The second-order valence-corrected chi connectivity index (χ2v) is 4.23. The van der Waals surface area contributed by atoms with Gasteiger partial charge >= 0.3 is 0 Å². The largest absolute Gasteiger partial charge is 0.496 e. The highest BCUT2D eigenvalue weighted by Gasteiger charge is 2.03. The van der Waals surface area contributed by atoms with Crippen LogP contribution in [0.15, 0.2) is 24.3 Å². The van der Waals surface area contributed by atoms with Gasteiger partial charge in [-0.15, -0.1) is 0 Å². The second kappa shape index (κ2) is 7.48. The Hall–Kier alpha value is -1.94. The third-order valence-corrected chi connectivity index (χ3v) is 2.67. The van der Waals surface area contributed by atoms with Gasteiger partial charge in [0.1, 0.15) is 11.5 Å². The lowest BCUT2D eigenvalue weighted by atomic mass is 10.1. The molecule has 19 heavy (non-hydrogen) atoms. The van der Waals surface area contributed by atoms with Crippen LogP contribution in [0.3, 0.4) is 0 Å². The lowest BCUT2D eigenvalue weighted by Gasteiger charge is -2.06. The first-order chi connectivity index (χ1) is 9.06. The Kier molecular flexibility index (Phi) is 5.96. The number of carbonyl (C=O) groups excluding carboxylic acids is 2. The molecule has 0 fully saturated rings. The van der Waals surface area contributed by atoms with Crippen LogP contribution >= 0.6 is 0 Å². The summed E-state index contributed by atoms with van der Waals surface area (Å²) in [5.74, 6) is 0.511. The molecule has 0 aromatic heterocycles. The third-order valence-electron chi connectivity index (χ3n) is 2.67. The number of rotatable bonds is 7. The van der Waals surface area contributed by atoms with Crippen LogP contribution in [0.5, 0.6) is 5.75 Å². The molecule has 0 aliphatic rings. The van der Waals surface area contributed by atoms with Gasteiger partial charge in [-0.05, 0) is 24.6 Å². The highest BCUT2D eigenvalue weighted by Crippen LogP contribution is 2.20. The maximum atomic E-state index is 11.5. The summed E-state index contributed by atoms with van der Waals surface area (Å²) in [4.78, 5) is 22.2. The van der Waals surface area contributed by atoms with Crippen LogP contribution < -0.4 is 4.74 Å². The number of aliphatic hydroxyl groups is 1. The van der Waals surface area contributed by atoms with Crippen molar-refractivity contribution in [3.05, 3.63) is 35.4 Å². The molecular weight excluding hydrogens is 244 g/mol. The number of ketones is 2. The van der Waals surface area contributed by atoms with Gasteiger partial charge < -0.3 is 14.6 Å². The number of carbonyl (C=O) groups is 2. The predicted octanol–water partition coefficient (Wildman–Crippen LogP) is 2.14. The number of hydrogen-bond acceptors (Lipinski definition) is 4. The van der Waals surface area contributed by atoms with Crippen molar-refractivity contribution in [3.8, 4) is 5.75 Å². The summed E-state index contributed by atoms with van der Waals surface area (Å²) in [5.41, 5.74) is 1.51. The predicted molar refractivity (Wildman–Crippen MR) is 72.9 cm³/mol. The first-order valence-corrected chi connectivity index (χ1v) is 6.05. The molecule has 1 aromatic rings. The van der Waals surface area contributed by atoms with E-state index < -0.39 is 0 Å². The molecule has 102 valence electrons. The molecule has 1 aromatic carbocycles. The normalized spacial score (nSPS) is 10.7. The van der Waals surface area contributed by atoms with Crippen LogP contribution in [-0.4, -0.2) is 23.8 Å². The lowest BCUT2D eigenvalue weighted by Crippen LogP contribution is -1.97. The summed E-state index contributed by atoms with van der Waals surface area (Å²) >= 11 is 0. The first-order valence-electron chi connectivity index (χ1n) is 6.05. The molecule has 0 saturated carbocycles. The van der Waals surface area contributed by atoms with E-state index in [4.69, 9.17) is 9.84 Å². The van der Waals surface area contributed by atoms with E-state index in [2.05, 4.69) is 0 Å². The Morgan fingerprint density at radius 1 is 1.32 bits per heavy atom. The number of benzene rings is 1. The zero-order valence-electron chi connectivity index (χ0n) is 11.2. The molecule has 0 aliphatic heterocycles. The second-order valence-electron chi connectivity index (χ2n) is 4.23. The quantitative estimate of drug-likeness (QED) is 0.765. The number of methoxy groups -OCH3 is 1. The highest BCUT2D eigenvalue weighted by atomic mass is 16.5. The zero-order valence-corrected chi connectivity index (χ0v) is 11.2. The van der Waals surface area contributed by atoms with E-state index in [9.17, 15) is 9.59 Å². The molecule has 0 radical (unpaired) electrons. The van der Waals surface area contributed by atoms with Gasteiger partial charge in [0.2, 0.25) is 0 Å². The fraction of sp³-hybridized carbons (Fsp3) is 0.333. The molecule has 0 spiro atoms. The van der Waals surface area contributed by atoms with Crippen molar-refractivity contribution in [3.63, 3.8) is 0 Å². The number of Topliss-reactive ketones (excluding diaryl/α,β-unsaturated/α-hetero) is 1. The minimum absolute atomic E-state index is 0.00992. The summed E-state index contributed by atoms with van der Waals surface area (Å²) < 4.78 is 5.14. The van der Waals surface area contributed by atoms with Crippen LogP contribution in [0.4, 0.5) is 0 Å². The topological polar surface area (TPSA) is 63.6 Å². The van der Waals surface area contributed by atoms with Crippen molar-refractivity contribution < 1.29 is 19.4 Å². The van der Waals surface area contributed by atoms with E-state index in [0.717, 1.165) is 5.56 Å². The minimum Gasteiger partial charge on any atom is -0.496 e. The number of aliphatic hydroxyl groups excluding tert-OH is 1. The average Bonchev–Trinajstić information content (AvgIpc) is 2.42. The summed E-state index contributed by atoms with van der Waals surface area (Å²) in [6, 6.07) is 5.29. The van der Waals surface area contributed by atoms with Crippen molar-refractivity contribution in [2.45, 2.75) is 26.4 Å². The van der Waals surface area contributed by atoms with Crippen LogP contribution in [0.1, 0.15) is 30.9 Å². The van der Waals surface area contributed by atoms with Gasteiger partial charge in [-0.25, -0.2) is 0 Å². The van der Waals surface area contributed by atoms with Gasteiger partial charge in [-0.2, -0.15) is 0 Å². The summed E-state index contributed by atoms with van der Waals surface area (Å²) in [6.07, 6.45) is 3.64. The molecule has 4 nitrogen and oxygen atoms in total. The first kappa shape index (κ1) is 15.1. The maximum absolute atomic E-state index is 11.5. The van der Waals surface area contributed by atoms with E-state index in [0.29, 0.717) is 11.3 Å². The standard InChI is InChI=1S/C15H18O4/c1-11(17)3-7-14(18)8-5-12-4-6-13(10-16)15(9-12)19-2/h4-6,8-9,16H,3,7,10H2,1-2H3. The van der Waals surface area contributed by atoms with E-state index in [1.165, 1.54) is 20.1 Å². The van der Waals surface area contributed by atoms with Crippen molar-refractivity contribution in [2.24, 2.45) is 0 Å². The molecule has 1 N–H and O–H groups in total. The number of hydrogen-bond donors (Lipinski definition) is 1. The zero-order chi connectivity index (χ0) is 14.3. The molecule has 4 heteroatoms. The van der Waals surface area contributed by atoms with E-state index >= 15 is 0 Å². The third kappa shape index (κ3) is 5.06. The monoisotopic (exact) mass is 262 g/mol. The Morgan fingerprint density at radius 2 is 2.05 bits per heavy atom. The summed E-state index contributed by atoms with van der Waals surface area (Å²) in [5, 5.41) is 9.10. The molecule has 0 heterocycles. The van der Waals surface area contributed by atoms with Crippen LogP contribution in [-0.2, 0) is 16.2 Å². The summed E-state index contributed by atoms with van der Waals surface area (Å²) in [6.45, 7) is 1.38. The molecule has 0 atom stereocenters. The van der Waals surface area contributed by atoms with Crippen molar-refractivity contribution in [1.82, 2.24) is 0 Å². The molecule has 0 amide bonds. The van der Waals surface area contributed by atoms with Crippen molar-refractivity contribution in [1.29, 1.82) is 0 Å². The van der Waals surface area contributed by atoms with Crippen LogP contribution in [0.2, 0.25) is 0 Å². The van der Waals surface area contributed by atoms with Gasteiger partial charge in [0, 0.05) is 18.4 Å². The molecule has 1 rings (SSSR count). The molecular formula is C15H18O4. The minimum atomic E-state index is -0.0925. The van der Waals surface area contributed by atoms with E-state index in [-0.39, 0.29) is 31.0 Å². The van der Waals surface area contributed by atoms with Crippen LogP contribution in [0.25, 0.3) is 6.08 Å². The van der Waals surface area contributed by atoms with Gasteiger partial charge in [0.05, 0.1) is 13.7 Å². The van der Waals surface area contributed by atoms with Gasteiger partial charge in [-0.1, -0.05) is 18.2 Å². The van der Waals surface area contributed by atoms with Crippen LogP contribution in [0, 0.1) is 0 Å². The Bertz CT molecular complexity index is 489. The number of allylic oxidation sites excluding steroid dienone is 1. The smallest absolute Gasteiger partial charge is 0.156 e. The van der Waals surface area contributed by atoms with E-state index in [1.54, 1.807) is 24.3 Å². The Labute approximate surface area is 112 Å². The van der Waals surface area contributed by atoms with E-state index in [1.807, 2.05) is 0 Å². The van der Waals surface area contributed by atoms with Gasteiger partial charge in [-0.3, -0.25) is 4.79 Å². The SMILES string of the molecule is COc1cc(C=CC(=O)CCC(C)=O)ccc1CO. The molecule has 0 aliphatic carbocycles. The average molecular weight is 262 g/mol. The fourth-order valence-electron chi connectivity index (χ4n) is 1.57. The lowest BCUT2D eigenvalue weighted by molar-refractivity contribution is -0.120. The maximum Gasteiger partial charge on any atom is 0.156 e. The number of ether oxygens (including phenoxy) is 1. The van der Waals surface area contributed by atoms with Gasteiger partial charge in [0.15, 0.2) is 5.78 Å². The molecule has 0 bridgehead atoms.